The fourth-order valence-corrected chi connectivity index (χ4v) is 1.73. The van der Waals surface area contributed by atoms with Crippen molar-refractivity contribution in [2.24, 2.45) is 0 Å². The molecule has 0 aliphatic rings. The number of ether oxygens (including phenoxy) is 1. The fraction of sp³-hybridized carbons (Fsp3) is 0.133. The van der Waals surface area contributed by atoms with Gasteiger partial charge in [0.15, 0.2) is 0 Å². The number of nitrogen functional groups attached to an aromatic ring is 1. The van der Waals surface area contributed by atoms with Crippen LogP contribution in [0.25, 0.3) is 0 Å². The van der Waals surface area contributed by atoms with Gasteiger partial charge in [0.2, 0.25) is 5.91 Å². The molecule has 2 aromatic rings. The van der Waals surface area contributed by atoms with E-state index in [2.05, 4.69) is 5.32 Å². The van der Waals surface area contributed by atoms with Crippen molar-refractivity contribution in [3.63, 3.8) is 0 Å². The zero-order valence-electron chi connectivity index (χ0n) is 10.8. The summed E-state index contributed by atoms with van der Waals surface area (Å²) in [6.07, 6.45) is 0. The third kappa shape index (κ3) is 4.57. The molecule has 20 heavy (non-hydrogen) atoms. The third-order valence-electron chi connectivity index (χ3n) is 2.61. The fourth-order valence-electron chi connectivity index (χ4n) is 1.61. The van der Waals surface area contributed by atoms with Gasteiger partial charge in [-0.05, 0) is 42.0 Å². The van der Waals surface area contributed by atoms with Crippen LogP contribution in [0.15, 0.2) is 48.5 Å². The Hall–Kier alpha value is -2.04. The van der Waals surface area contributed by atoms with Crippen molar-refractivity contribution in [3.05, 3.63) is 59.1 Å². The minimum atomic E-state index is -0.205. The second kappa shape index (κ2) is 6.93. The van der Waals surface area contributed by atoms with Crippen LogP contribution >= 0.6 is 11.6 Å². The van der Waals surface area contributed by atoms with Crippen molar-refractivity contribution in [2.75, 3.05) is 17.7 Å². The number of carbonyl (C=O) groups is 1. The molecule has 5 heteroatoms. The lowest BCUT2D eigenvalue weighted by Crippen LogP contribution is -2.18. The van der Waals surface area contributed by atoms with Crippen molar-refractivity contribution in [1.82, 2.24) is 0 Å². The predicted molar refractivity (Wildman–Crippen MR) is 80.6 cm³/mol. The molecule has 0 atom stereocenters. The Morgan fingerprint density at radius 1 is 1.10 bits per heavy atom. The molecule has 0 unspecified atom stereocenters. The quantitative estimate of drug-likeness (QED) is 0.832. The molecule has 0 radical (unpaired) electrons. The summed E-state index contributed by atoms with van der Waals surface area (Å²) in [4.78, 5) is 11.7. The summed E-state index contributed by atoms with van der Waals surface area (Å²) in [7, 11) is 0. The topological polar surface area (TPSA) is 64.3 Å². The van der Waals surface area contributed by atoms with E-state index in [1.807, 2.05) is 12.1 Å². The maximum absolute atomic E-state index is 11.7. The van der Waals surface area contributed by atoms with Crippen LogP contribution in [0.1, 0.15) is 5.56 Å². The van der Waals surface area contributed by atoms with Gasteiger partial charge >= 0.3 is 0 Å². The number of hydrogen-bond donors (Lipinski definition) is 2. The second-order valence-electron chi connectivity index (χ2n) is 4.29. The van der Waals surface area contributed by atoms with Crippen LogP contribution < -0.4 is 11.1 Å². The largest absolute Gasteiger partial charge is 0.399 e. The van der Waals surface area contributed by atoms with Gasteiger partial charge in [-0.1, -0.05) is 23.7 Å². The van der Waals surface area contributed by atoms with E-state index in [0.29, 0.717) is 23.0 Å². The first-order valence-corrected chi connectivity index (χ1v) is 6.49. The molecule has 104 valence electrons. The smallest absolute Gasteiger partial charge is 0.250 e. The first-order valence-electron chi connectivity index (χ1n) is 6.11. The Labute approximate surface area is 122 Å². The van der Waals surface area contributed by atoms with Crippen LogP contribution in [-0.4, -0.2) is 12.5 Å². The standard InChI is InChI=1S/C15H15ClN2O2/c16-12-3-1-11(2-4-12)9-20-10-15(19)18-14-7-5-13(17)6-8-14/h1-8H,9-10,17H2,(H,18,19). The highest BCUT2D eigenvalue weighted by Gasteiger charge is 2.03. The molecule has 1 amide bonds. The van der Waals surface area contributed by atoms with Crippen molar-refractivity contribution >= 4 is 28.9 Å². The van der Waals surface area contributed by atoms with Crippen LogP contribution in [-0.2, 0) is 16.1 Å². The minimum absolute atomic E-state index is 0.00694. The number of nitrogens with one attached hydrogen (secondary N) is 1. The molecular weight excluding hydrogens is 276 g/mol. The predicted octanol–water partition coefficient (Wildman–Crippen LogP) is 3.08. The van der Waals surface area contributed by atoms with E-state index in [0.717, 1.165) is 5.56 Å². The molecule has 0 saturated heterocycles. The molecule has 0 saturated carbocycles. The van der Waals surface area contributed by atoms with Gasteiger partial charge in [0.25, 0.3) is 0 Å². The molecule has 0 aliphatic carbocycles. The van der Waals surface area contributed by atoms with Gasteiger partial charge in [-0.15, -0.1) is 0 Å². The Balaban J connectivity index is 1.75. The maximum Gasteiger partial charge on any atom is 0.250 e. The normalized spacial score (nSPS) is 10.2. The lowest BCUT2D eigenvalue weighted by Gasteiger charge is -2.07. The van der Waals surface area contributed by atoms with Crippen molar-refractivity contribution in [1.29, 1.82) is 0 Å². The van der Waals surface area contributed by atoms with Gasteiger partial charge in [-0.2, -0.15) is 0 Å². The van der Waals surface area contributed by atoms with Crippen LogP contribution in [0, 0.1) is 0 Å². The lowest BCUT2D eigenvalue weighted by molar-refractivity contribution is -0.121. The van der Waals surface area contributed by atoms with Crippen molar-refractivity contribution in [3.8, 4) is 0 Å². The molecule has 2 rings (SSSR count). The van der Waals surface area contributed by atoms with Gasteiger partial charge in [0, 0.05) is 16.4 Å². The molecule has 0 heterocycles. The summed E-state index contributed by atoms with van der Waals surface area (Å²) < 4.78 is 5.34. The summed E-state index contributed by atoms with van der Waals surface area (Å²) in [5.74, 6) is -0.205. The molecule has 0 aliphatic heterocycles. The summed E-state index contributed by atoms with van der Waals surface area (Å²) in [6.45, 7) is 0.360. The number of anilines is 2. The van der Waals surface area contributed by atoms with E-state index in [-0.39, 0.29) is 12.5 Å². The van der Waals surface area contributed by atoms with Crippen LogP contribution in [0.3, 0.4) is 0 Å². The summed E-state index contributed by atoms with van der Waals surface area (Å²) in [5, 5.41) is 3.40. The van der Waals surface area contributed by atoms with Gasteiger partial charge in [0.1, 0.15) is 6.61 Å². The van der Waals surface area contributed by atoms with Gasteiger partial charge in [-0.3, -0.25) is 4.79 Å². The monoisotopic (exact) mass is 290 g/mol. The molecular formula is C15H15ClN2O2. The van der Waals surface area contributed by atoms with Crippen molar-refractivity contribution in [2.45, 2.75) is 6.61 Å². The Morgan fingerprint density at radius 3 is 2.40 bits per heavy atom. The van der Waals surface area contributed by atoms with Gasteiger partial charge in [0.05, 0.1) is 6.61 Å². The summed E-state index contributed by atoms with van der Waals surface area (Å²) in [5.41, 5.74) is 7.88. The summed E-state index contributed by atoms with van der Waals surface area (Å²) >= 11 is 5.78. The minimum Gasteiger partial charge on any atom is -0.399 e. The number of hydrogen-bond acceptors (Lipinski definition) is 3. The molecule has 0 aromatic heterocycles. The number of nitrogens with two attached hydrogens (primary N) is 1. The number of halogens is 1. The number of rotatable bonds is 5. The highest BCUT2D eigenvalue weighted by molar-refractivity contribution is 6.30. The molecule has 2 aromatic carbocycles. The van der Waals surface area contributed by atoms with E-state index < -0.39 is 0 Å². The van der Waals surface area contributed by atoms with Crippen LogP contribution in [0.2, 0.25) is 5.02 Å². The molecule has 0 fully saturated rings. The average Bonchev–Trinajstić information content (AvgIpc) is 2.44. The second-order valence-corrected chi connectivity index (χ2v) is 4.73. The SMILES string of the molecule is Nc1ccc(NC(=O)COCc2ccc(Cl)cc2)cc1. The highest BCUT2D eigenvalue weighted by Crippen LogP contribution is 2.11. The van der Waals surface area contributed by atoms with Gasteiger partial charge < -0.3 is 15.8 Å². The first-order chi connectivity index (χ1) is 9.63. The number of amides is 1. The van der Waals surface area contributed by atoms with E-state index in [1.165, 1.54) is 0 Å². The Morgan fingerprint density at radius 2 is 1.75 bits per heavy atom. The van der Waals surface area contributed by atoms with E-state index in [1.54, 1.807) is 36.4 Å². The Bertz CT molecular complexity index is 567. The van der Waals surface area contributed by atoms with Crippen LogP contribution in [0.4, 0.5) is 11.4 Å². The summed E-state index contributed by atoms with van der Waals surface area (Å²) in [6, 6.07) is 14.2. The Kier molecular flexibility index (Phi) is 4.98. The first kappa shape index (κ1) is 14.4. The highest BCUT2D eigenvalue weighted by atomic mass is 35.5. The zero-order chi connectivity index (χ0) is 14.4. The molecule has 0 bridgehead atoms. The van der Waals surface area contributed by atoms with Crippen molar-refractivity contribution < 1.29 is 9.53 Å². The van der Waals surface area contributed by atoms with E-state index in [4.69, 9.17) is 22.1 Å². The zero-order valence-corrected chi connectivity index (χ0v) is 11.6. The number of carbonyl (C=O) groups excluding carboxylic acids is 1. The van der Waals surface area contributed by atoms with E-state index >= 15 is 0 Å². The average molecular weight is 291 g/mol. The lowest BCUT2D eigenvalue weighted by atomic mass is 10.2. The van der Waals surface area contributed by atoms with E-state index in [9.17, 15) is 4.79 Å². The van der Waals surface area contributed by atoms with Gasteiger partial charge in [-0.25, -0.2) is 0 Å². The molecule has 3 N–H and O–H groups in total. The molecule has 0 spiro atoms. The maximum atomic E-state index is 11.7. The van der Waals surface area contributed by atoms with Crippen LogP contribution in [0.5, 0.6) is 0 Å². The number of benzene rings is 2. The molecule has 4 nitrogen and oxygen atoms in total. The third-order valence-corrected chi connectivity index (χ3v) is 2.86.